The van der Waals surface area contributed by atoms with Crippen molar-refractivity contribution in [1.29, 1.82) is 0 Å². The van der Waals surface area contributed by atoms with E-state index in [0.717, 1.165) is 6.54 Å². The summed E-state index contributed by atoms with van der Waals surface area (Å²) < 4.78 is 0. The minimum atomic E-state index is 0.261. The molecule has 112 valence electrons. The zero-order valence-electron chi connectivity index (χ0n) is 13.4. The average molecular weight is 274 g/mol. The molecule has 1 aliphatic heterocycles. The van der Waals surface area contributed by atoms with Gasteiger partial charge in [-0.15, -0.1) is 0 Å². The van der Waals surface area contributed by atoms with Gasteiger partial charge in [-0.1, -0.05) is 45.0 Å². The number of aryl methyl sites for hydroxylation is 1. The van der Waals surface area contributed by atoms with Crippen LogP contribution in [0.3, 0.4) is 0 Å². The van der Waals surface area contributed by atoms with Crippen LogP contribution in [0, 0.1) is 0 Å². The van der Waals surface area contributed by atoms with Crippen LogP contribution in [0.4, 0.5) is 0 Å². The molecule has 0 aromatic heterocycles. The first-order valence-electron chi connectivity index (χ1n) is 8.08. The minimum Gasteiger partial charge on any atom is -0.315 e. The van der Waals surface area contributed by atoms with Crippen molar-refractivity contribution in [3.05, 3.63) is 35.4 Å². The van der Waals surface area contributed by atoms with Crippen molar-refractivity contribution in [2.24, 2.45) is 0 Å². The highest BCUT2D eigenvalue weighted by Crippen LogP contribution is 2.22. The third kappa shape index (κ3) is 4.92. The molecule has 1 N–H and O–H groups in total. The second-order valence-corrected chi connectivity index (χ2v) is 7.00. The molecule has 1 fully saturated rings. The molecule has 0 radical (unpaired) electrons. The zero-order valence-corrected chi connectivity index (χ0v) is 13.4. The van der Waals surface area contributed by atoms with Crippen molar-refractivity contribution < 1.29 is 0 Å². The molecule has 1 heterocycles. The third-order valence-electron chi connectivity index (χ3n) is 4.19. The van der Waals surface area contributed by atoms with Gasteiger partial charge in [-0.2, -0.15) is 0 Å². The van der Waals surface area contributed by atoms with Crippen LogP contribution in [0.15, 0.2) is 24.3 Å². The number of nitrogens with one attached hydrogen (secondary N) is 1. The summed E-state index contributed by atoms with van der Waals surface area (Å²) in [5, 5.41) is 3.46. The first-order chi connectivity index (χ1) is 9.55. The summed E-state index contributed by atoms with van der Waals surface area (Å²) >= 11 is 0. The number of nitrogens with zero attached hydrogens (tertiary/aromatic N) is 1. The van der Waals surface area contributed by atoms with E-state index in [1.807, 2.05) is 0 Å². The fourth-order valence-corrected chi connectivity index (χ4v) is 2.80. The van der Waals surface area contributed by atoms with Crippen molar-refractivity contribution in [3.8, 4) is 0 Å². The smallest absolute Gasteiger partial charge is 0.0107 e. The van der Waals surface area contributed by atoms with Crippen molar-refractivity contribution in [2.45, 2.75) is 45.4 Å². The third-order valence-corrected chi connectivity index (χ3v) is 4.19. The Morgan fingerprint density at radius 2 is 1.80 bits per heavy atom. The van der Waals surface area contributed by atoms with Crippen LogP contribution in [0.2, 0.25) is 0 Å². The molecule has 20 heavy (non-hydrogen) atoms. The van der Waals surface area contributed by atoms with E-state index in [-0.39, 0.29) is 5.41 Å². The van der Waals surface area contributed by atoms with Gasteiger partial charge in [0.15, 0.2) is 0 Å². The van der Waals surface area contributed by atoms with E-state index < -0.39 is 0 Å². The second-order valence-electron chi connectivity index (χ2n) is 7.00. The maximum absolute atomic E-state index is 3.46. The first kappa shape index (κ1) is 15.5. The molecule has 0 atom stereocenters. The molecule has 1 aromatic rings. The van der Waals surface area contributed by atoms with Gasteiger partial charge in [0.1, 0.15) is 0 Å². The summed E-state index contributed by atoms with van der Waals surface area (Å²) in [6.07, 6.45) is 3.77. The quantitative estimate of drug-likeness (QED) is 0.907. The summed E-state index contributed by atoms with van der Waals surface area (Å²) in [6, 6.07) is 9.21. The van der Waals surface area contributed by atoms with Gasteiger partial charge in [-0.3, -0.25) is 0 Å². The molecule has 2 heteroatoms. The Bertz CT molecular complexity index is 381. The molecule has 0 spiro atoms. The Kier molecular flexibility index (Phi) is 5.62. The van der Waals surface area contributed by atoms with Crippen LogP contribution in [0.5, 0.6) is 0 Å². The van der Waals surface area contributed by atoms with E-state index in [1.54, 1.807) is 0 Å². The minimum absolute atomic E-state index is 0.261. The highest BCUT2D eigenvalue weighted by atomic mass is 15.1. The van der Waals surface area contributed by atoms with Crippen LogP contribution < -0.4 is 5.32 Å². The Hall–Kier alpha value is -0.860. The van der Waals surface area contributed by atoms with Crippen molar-refractivity contribution in [2.75, 3.05) is 32.7 Å². The molecule has 2 nitrogen and oxygen atoms in total. The van der Waals surface area contributed by atoms with E-state index in [9.17, 15) is 0 Å². The molecule has 0 bridgehead atoms. The Morgan fingerprint density at radius 1 is 1.05 bits per heavy atom. The predicted molar refractivity (Wildman–Crippen MR) is 87.4 cm³/mol. The highest BCUT2D eigenvalue weighted by molar-refractivity contribution is 5.27. The Labute approximate surface area is 124 Å². The second kappa shape index (κ2) is 7.24. The molecule has 0 saturated carbocycles. The Morgan fingerprint density at radius 3 is 2.50 bits per heavy atom. The van der Waals surface area contributed by atoms with E-state index in [1.165, 1.54) is 56.6 Å². The summed E-state index contributed by atoms with van der Waals surface area (Å²) in [6.45, 7) is 12.9. The van der Waals surface area contributed by atoms with Gasteiger partial charge in [-0.25, -0.2) is 0 Å². The van der Waals surface area contributed by atoms with Crippen molar-refractivity contribution in [1.82, 2.24) is 10.2 Å². The fourth-order valence-electron chi connectivity index (χ4n) is 2.80. The molecular formula is C18H30N2. The van der Waals surface area contributed by atoms with Gasteiger partial charge in [-0.05, 0) is 55.4 Å². The first-order valence-corrected chi connectivity index (χ1v) is 8.08. The van der Waals surface area contributed by atoms with Gasteiger partial charge < -0.3 is 10.2 Å². The molecule has 0 aliphatic carbocycles. The normalized spacial score (nSPS) is 17.9. The molecule has 0 amide bonds. The van der Waals surface area contributed by atoms with Crippen LogP contribution in [-0.2, 0) is 11.8 Å². The maximum Gasteiger partial charge on any atom is 0.0107 e. The van der Waals surface area contributed by atoms with Gasteiger partial charge in [0.25, 0.3) is 0 Å². The van der Waals surface area contributed by atoms with Crippen molar-refractivity contribution >= 4 is 0 Å². The van der Waals surface area contributed by atoms with Crippen LogP contribution in [-0.4, -0.2) is 37.6 Å². The summed E-state index contributed by atoms with van der Waals surface area (Å²) in [5.74, 6) is 0. The van der Waals surface area contributed by atoms with Crippen LogP contribution in [0.1, 0.15) is 44.7 Å². The lowest BCUT2D eigenvalue weighted by atomic mass is 9.86. The molecule has 0 unspecified atom stereocenters. The molecule has 2 rings (SSSR count). The van der Waals surface area contributed by atoms with Gasteiger partial charge in [0.2, 0.25) is 0 Å². The molecule has 1 saturated heterocycles. The summed E-state index contributed by atoms with van der Waals surface area (Å²) in [4.78, 5) is 2.60. The topological polar surface area (TPSA) is 15.3 Å². The lowest BCUT2D eigenvalue weighted by Crippen LogP contribution is -2.29. The highest BCUT2D eigenvalue weighted by Gasteiger charge is 2.13. The SMILES string of the molecule is CC(C)(C)c1ccc(CCCN2CCCNCC2)cc1. The molecular weight excluding hydrogens is 244 g/mol. The van der Waals surface area contributed by atoms with E-state index in [2.05, 4.69) is 55.3 Å². The average Bonchev–Trinajstić information content (AvgIpc) is 2.67. The number of rotatable bonds is 4. The standard InChI is InChI=1S/C18H30N2/c1-18(2,3)17-9-7-16(8-10-17)6-4-13-20-14-5-11-19-12-15-20/h7-10,19H,4-6,11-15H2,1-3H3. The zero-order chi connectivity index (χ0) is 14.4. The maximum atomic E-state index is 3.46. The lowest BCUT2D eigenvalue weighted by molar-refractivity contribution is 0.289. The lowest BCUT2D eigenvalue weighted by Gasteiger charge is -2.20. The van der Waals surface area contributed by atoms with E-state index >= 15 is 0 Å². The Balaban J connectivity index is 1.76. The van der Waals surface area contributed by atoms with E-state index in [4.69, 9.17) is 0 Å². The van der Waals surface area contributed by atoms with Gasteiger partial charge in [0.05, 0.1) is 0 Å². The van der Waals surface area contributed by atoms with Crippen LogP contribution >= 0.6 is 0 Å². The fraction of sp³-hybridized carbons (Fsp3) is 0.667. The van der Waals surface area contributed by atoms with E-state index in [0.29, 0.717) is 0 Å². The van der Waals surface area contributed by atoms with Gasteiger partial charge in [0, 0.05) is 13.1 Å². The van der Waals surface area contributed by atoms with Gasteiger partial charge >= 0.3 is 0 Å². The summed E-state index contributed by atoms with van der Waals surface area (Å²) in [7, 11) is 0. The number of hydrogen-bond acceptors (Lipinski definition) is 2. The largest absolute Gasteiger partial charge is 0.315 e. The number of benzene rings is 1. The molecule has 1 aliphatic rings. The molecule has 1 aromatic carbocycles. The monoisotopic (exact) mass is 274 g/mol. The van der Waals surface area contributed by atoms with Crippen molar-refractivity contribution in [3.63, 3.8) is 0 Å². The summed E-state index contributed by atoms with van der Waals surface area (Å²) in [5.41, 5.74) is 3.17. The number of hydrogen-bond donors (Lipinski definition) is 1. The van der Waals surface area contributed by atoms with Crippen LogP contribution in [0.25, 0.3) is 0 Å². The predicted octanol–water partition coefficient (Wildman–Crippen LogP) is 3.21.